The van der Waals surface area contributed by atoms with Crippen LogP contribution in [-0.2, 0) is 16.1 Å². The highest BCUT2D eigenvalue weighted by atomic mass is 16.5. The Morgan fingerprint density at radius 2 is 1.85 bits per heavy atom. The Balaban J connectivity index is 1.49. The van der Waals surface area contributed by atoms with E-state index in [0.29, 0.717) is 18.1 Å². The lowest BCUT2D eigenvalue weighted by molar-refractivity contribution is -0.141. The molecule has 3 heterocycles. The van der Waals surface area contributed by atoms with Gasteiger partial charge in [0.05, 0.1) is 39.4 Å². The van der Waals surface area contributed by atoms with Crippen molar-refractivity contribution in [3.8, 4) is 11.5 Å². The minimum atomic E-state index is -0.776. The quantitative estimate of drug-likeness (QED) is 0.500. The smallest absolute Gasteiger partial charge is 0.306 e. The fourth-order valence-corrected chi connectivity index (χ4v) is 4.11. The van der Waals surface area contributed by atoms with Crippen LogP contribution in [0.25, 0.3) is 0 Å². The van der Waals surface area contributed by atoms with Crippen LogP contribution in [-0.4, -0.2) is 56.4 Å². The van der Waals surface area contributed by atoms with Crippen molar-refractivity contribution in [3.05, 3.63) is 76.2 Å². The molecule has 0 amide bonds. The van der Waals surface area contributed by atoms with Crippen LogP contribution >= 0.6 is 0 Å². The van der Waals surface area contributed by atoms with Gasteiger partial charge in [0.15, 0.2) is 5.76 Å². The first-order valence-corrected chi connectivity index (χ1v) is 11.1. The van der Waals surface area contributed by atoms with Crippen molar-refractivity contribution < 1.29 is 28.2 Å². The Morgan fingerprint density at radius 3 is 2.47 bits per heavy atom. The van der Waals surface area contributed by atoms with E-state index in [1.807, 2.05) is 24.3 Å². The molecule has 1 aliphatic heterocycles. The van der Waals surface area contributed by atoms with Crippen molar-refractivity contribution in [3.63, 3.8) is 0 Å². The molecule has 0 saturated carbocycles. The fraction of sp³-hybridized carbons (Fsp3) is 0.360. The van der Waals surface area contributed by atoms with E-state index >= 15 is 0 Å². The summed E-state index contributed by atoms with van der Waals surface area (Å²) in [5, 5.41) is 10.5. The number of esters is 1. The molecular weight excluding hydrogens is 440 g/mol. The summed E-state index contributed by atoms with van der Waals surface area (Å²) in [6, 6.07) is 12.6. The number of aromatic hydroxyl groups is 1. The maximum Gasteiger partial charge on any atom is 0.306 e. The van der Waals surface area contributed by atoms with Crippen LogP contribution in [0.3, 0.4) is 0 Å². The molecule has 0 aliphatic carbocycles. The number of methoxy groups -OCH3 is 2. The van der Waals surface area contributed by atoms with Gasteiger partial charge in [0.25, 0.3) is 0 Å². The number of furan rings is 1. The molecule has 3 aromatic rings. The number of hydrogen-bond donors (Lipinski definition) is 1. The van der Waals surface area contributed by atoms with Crippen LogP contribution in [0, 0.1) is 0 Å². The van der Waals surface area contributed by atoms with Crippen molar-refractivity contribution in [1.29, 1.82) is 0 Å². The molecule has 1 N–H and O–H groups in total. The molecular formula is C25H28N2O7. The molecule has 9 heteroatoms. The van der Waals surface area contributed by atoms with Crippen molar-refractivity contribution in [2.75, 3.05) is 45.3 Å². The van der Waals surface area contributed by atoms with Crippen molar-refractivity contribution in [2.24, 2.45) is 0 Å². The van der Waals surface area contributed by atoms with E-state index in [-0.39, 0.29) is 12.2 Å². The Labute approximate surface area is 197 Å². The molecule has 1 aromatic carbocycles. The fourth-order valence-electron chi connectivity index (χ4n) is 4.11. The number of piperazine rings is 1. The largest absolute Gasteiger partial charge is 0.502 e. The molecule has 1 fully saturated rings. The Bertz CT molecular complexity index is 1150. The van der Waals surface area contributed by atoms with Gasteiger partial charge in [0, 0.05) is 37.9 Å². The molecule has 0 bridgehead atoms. The highest BCUT2D eigenvalue weighted by molar-refractivity contribution is 5.71. The van der Waals surface area contributed by atoms with E-state index in [1.165, 1.54) is 19.4 Å². The lowest BCUT2D eigenvalue weighted by atomic mass is 9.98. The normalized spacial score (nSPS) is 15.2. The first-order chi connectivity index (χ1) is 16.5. The number of benzene rings is 1. The Hall–Kier alpha value is -3.72. The van der Waals surface area contributed by atoms with E-state index < -0.39 is 23.1 Å². The van der Waals surface area contributed by atoms with Crippen LogP contribution in [0.5, 0.6) is 11.5 Å². The highest BCUT2D eigenvalue weighted by Crippen LogP contribution is 2.34. The van der Waals surface area contributed by atoms with Crippen LogP contribution in [0.1, 0.15) is 29.6 Å². The van der Waals surface area contributed by atoms with Gasteiger partial charge in [-0.3, -0.25) is 14.5 Å². The second-order valence-corrected chi connectivity index (χ2v) is 8.10. The van der Waals surface area contributed by atoms with Gasteiger partial charge in [-0.05, 0) is 36.4 Å². The predicted molar refractivity (Wildman–Crippen MR) is 124 cm³/mol. The topological polar surface area (TPSA) is 106 Å². The van der Waals surface area contributed by atoms with E-state index in [0.717, 1.165) is 37.6 Å². The number of nitrogens with zero attached hydrogens (tertiary/aromatic N) is 2. The first-order valence-electron chi connectivity index (χ1n) is 11.1. The third-order valence-electron chi connectivity index (χ3n) is 5.99. The van der Waals surface area contributed by atoms with Gasteiger partial charge in [-0.1, -0.05) is 0 Å². The van der Waals surface area contributed by atoms with Gasteiger partial charge >= 0.3 is 5.97 Å². The summed E-state index contributed by atoms with van der Waals surface area (Å²) in [6.07, 6.45) is 1.32. The molecule has 0 radical (unpaired) electrons. The summed E-state index contributed by atoms with van der Waals surface area (Å²) in [7, 11) is 2.92. The average molecular weight is 469 g/mol. The Morgan fingerprint density at radius 1 is 1.12 bits per heavy atom. The summed E-state index contributed by atoms with van der Waals surface area (Å²) >= 11 is 0. The van der Waals surface area contributed by atoms with Crippen molar-refractivity contribution >= 4 is 11.7 Å². The molecule has 0 unspecified atom stereocenters. The molecule has 1 saturated heterocycles. The second kappa shape index (κ2) is 10.5. The molecule has 4 rings (SSSR count). The van der Waals surface area contributed by atoms with Gasteiger partial charge in [-0.25, -0.2) is 0 Å². The summed E-state index contributed by atoms with van der Waals surface area (Å²) in [4.78, 5) is 29.0. The molecule has 1 atom stereocenters. The molecule has 9 nitrogen and oxygen atoms in total. The summed E-state index contributed by atoms with van der Waals surface area (Å²) in [5.74, 6) is -0.185. The maximum absolute atomic E-state index is 12.5. The van der Waals surface area contributed by atoms with Crippen molar-refractivity contribution in [2.45, 2.75) is 18.9 Å². The molecule has 0 spiro atoms. The minimum Gasteiger partial charge on any atom is -0.502 e. The van der Waals surface area contributed by atoms with Crippen LogP contribution in [0.4, 0.5) is 5.69 Å². The lowest BCUT2D eigenvalue weighted by Crippen LogP contribution is -2.46. The van der Waals surface area contributed by atoms with E-state index in [4.69, 9.17) is 18.3 Å². The third kappa shape index (κ3) is 5.26. The second-order valence-electron chi connectivity index (χ2n) is 8.10. The Kier molecular flexibility index (Phi) is 7.22. The van der Waals surface area contributed by atoms with Crippen LogP contribution in [0.15, 0.2) is 62.4 Å². The number of ether oxygens (including phenoxy) is 2. The minimum absolute atomic E-state index is 0.000260. The number of carbonyl (C=O) groups is 1. The van der Waals surface area contributed by atoms with Gasteiger partial charge < -0.3 is 28.3 Å². The predicted octanol–water partition coefficient (Wildman–Crippen LogP) is 2.96. The van der Waals surface area contributed by atoms with Gasteiger partial charge in [-0.15, -0.1) is 0 Å². The summed E-state index contributed by atoms with van der Waals surface area (Å²) in [6.45, 7) is 3.59. The van der Waals surface area contributed by atoms with Crippen LogP contribution in [0.2, 0.25) is 0 Å². The molecule has 34 heavy (non-hydrogen) atoms. The zero-order valence-electron chi connectivity index (χ0n) is 19.2. The van der Waals surface area contributed by atoms with Gasteiger partial charge in [-0.2, -0.15) is 0 Å². The molecule has 2 aromatic heterocycles. The summed E-state index contributed by atoms with van der Waals surface area (Å²) < 4.78 is 21.4. The first kappa shape index (κ1) is 23.4. The highest BCUT2D eigenvalue weighted by Gasteiger charge is 2.29. The molecule has 180 valence electrons. The number of rotatable bonds is 8. The number of hydrogen-bond acceptors (Lipinski definition) is 9. The number of carbonyl (C=O) groups excluding carboxylic acids is 1. The maximum atomic E-state index is 12.5. The molecule has 1 aliphatic rings. The van der Waals surface area contributed by atoms with E-state index in [1.54, 1.807) is 19.2 Å². The monoisotopic (exact) mass is 468 g/mol. The van der Waals surface area contributed by atoms with Crippen LogP contribution < -0.4 is 15.1 Å². The van der Waals surface area contributed by atoms with Crippen molar-refractivity contribution in [1.82, 2.24) is 4.90 Å². The lowest BCUT2D eigenvalue weighted by Gasteiger charge is -2.35. The zero-order valence-corrected chi connectivity index (χ0v) is 19.2. The van der Waals surface area contributed by atoms with Gasteiger partial charge in [0.2, 0.25) is 11.2 Å². The third-order valence-corrected chi connectivity index (χ3v) is 5.99. The van der Waals surface area contributed by atoms with E-state index in [2.05, 4.69) is 9.80 Å². The summed E-state index contributed by atoms with van der Waals surface area (Å²) in [5.41, 5.74) is 0.567. The zero-order chi connectivity index (χ0) is 24.1. The standard InChI is InChI=1S/C25H28N2O7/c1-31-18-7-5-17(6-8-18)27-11-9-26(10-12-27)16-19-14-21(28)24(30)25(34-19)20(15-23(29)32-2)22-4-3-13-33-22/h3-8,13-14,20,30H,9-12,15-16H2,1-2H3/t20-/m0/s1. The number of anilines is 1. The SMILES string of the molecule is COC(=O)C[C@@H](c1ccco1)c1oc(CN2CCN(c3ccc(OC)cc3)CC2)cc(=O)c1O. The van der Waals surface area contributed by atoms with Gasteiger partial charge in [0.1, 0.15) is 17.3 Å². The van der Waals surface area contributed by atoms with E-state index in [9.17, 15) is 14.7 Å². The average Bonchev–Trinajstić information content (AvgIpc) is 3.40.